The molecule has 1 aliphatic rings. The number of sulfone groups is 1. The Kier molecular flexibility index (Phi) is 5.94. The minimum absolute atomic E-state index is 0.0552. The van der Waals surface area contributed by atoms with Crippen molar-refractivity contribution >= 4 is 22.1 Å². The number of unbranched alkanes of at least 4 members (excludes halogenated alkanes) is 1. The van der Waals surface area contributed by atoms with Gasteiger partial charge < -0.3 is 0 Å². The Balaban J connectivity index is 1.80. The Bertz CT molecular complexity index is 900. The molecular formula is C18H26N4O2S2. The maximum atomic E-state index is 11.9. The Hall–Kier alpha value is -1.51. The first-order valence-corrected chi connectivity index (χ1v) is 11.3. The Morgan fingerprint density at radius 1 is 1.35 bits per heavy atom. The standard InChI is InChI=1S/C18H26N4O2S2/c1-3-4-10-21(16-9-11-26(23,24)12-16)13-22-18(25)19-17(20-22)15-7-5-14(2)6-8-15/h5-8,16H,3-4,9-13H2,1-2H3,(H,19,20,25)/t16-/m0/s1. The molecule has 0 radical (unpaired) electrons. The van der Waals surface area contributed by atoms with E-state index in [1.807, 2.05) is 35.9 Å². The minimum atomic E-state index is -2.91. The molecule has 0 bridgehead atoms. The summed E-state index contributed by atoms with van der Waals surface area (Å²) in [6.45, 7) is 5.59. The van der Waals surface area contributed by atoms with E-state index in [0.717, 1.165) is 30.8 Å². The molecule has 8 heteroatoms. The summed E-state index contributed by atoms with van der Waals surface area (Å²) >= 11 is 5.42. The van der Waals surface area contributed by atoms with Gasteiger partial charge in [0.15, 0.2) is 15.7 Å². The number of nitrogens with zero attached hydrogens (tertiary/aromatic N) is 3. The van der Waals surface area contributed by atoms with Gasteiger partial charge in [0.1, 0.15) is 0 Å². The molecular weight excluding hydrogens is 368 g/mol. The summed E-state index contributed by atoms with van der Waals surface area (Å²) in [5, 5.41) is 3.28. The van der Waals surface area contributed by atoms with Crippen LogP contribution >= 0.6 is 12.2 Å². The second-order valence-electron chi connectivity index (χ2n) is 7.01. The molecule has 0 aliphatic carbocycles. The van der Waals surface area contributed by atoms with Crippen LogP contribution in [0, 0.1) is 11.7 Å². The summed E-state index contributed by atoms with van der Waals surface area (Å²) in [5.74, 6) is 1.26. The zero-order valence-electron chi connectivity index (χ0n) is 15.3. The lowest BCUT2D eigenvalue weighted by Gasteiger charge is -2.27. The SMILES string of the molecule is CCCCN(Cn1[nH]c(-c2ccc(C)cc2)nc1=S)[C@H]1CCS(=O)(=O)C1. The average molecular weight is 395 g/mol. The van der Waals surface area contributed by atoms with Crippen LogP contribution in [0.2, 0.25) is 0 Å². The number of hydrogen-bond acceptors (Lipinski definition) is 5. The van der Waals surface area contributed by atoms with Crippen LogP contribution in [-0.2, 0) is 16.5 Å². The van der Waals surface area contributed by atoms with Gasteiger partial charge in [0.25, 0.3) is 0 Å². The van der Waals surface area contributed by atoms with Crippen LogP contribution in [0.1, 0.15) is 31.7 Å². The van der Waals surface area contributed by atoms with Gasteiger partial charge in [0.05, 0.1) is 18.2 Å². The summed E-state index contributed by atoms with van der Waals surface area (Å²) in [4.78, 5) is 6.70. The quantitative estimate of drug-likeness (QED) is 0.731. The van der Waals surface area contributed by atoms with Crippen LogP contribution < -0.4 is 0 Å². The molecule has 0 spiro atoms. The number of hydrogen-bond donors (Lipinski definition) is 1. The highest BCUT2D eigenvalue weighted by Crippen LogP contribution is 2.20. The second-order valence-corrected chi connectivity index (χ2v) is 9.61. The molecule has 2 heterocycles. The molecule has 1 aromatic heterocycles. The molecule has 0 saturated carbocycles. The van der Waals surface area contributed by atoms with E-state index in [2.05, 4.69) is 21.9 Å². The van der Waals surface area contributed by atoms with Crippen molar-refractivity contribution in [3.8, 4) is 11.4 Å². The Morgan fingerprint density at radius 3 is 2.69 bits per heavy atom. The summed E-state index contributed by atoms with van der Waals surface area (Å²) in [6.07, 6.45) is 2.79. The molecule has 2 aromatic rings. The van der Waals surface area contributed by atoms with Gasteiger partial charge in [0, 0.05) is 18.2 Å². The lowest BCUT2D eigenvalue weighted by Crippen LogP contribution is -2.38. The molecule has 1 aliphatic heterocycles. The molecule has 1 aromatic carbocycles. The smallest absolute Gasteiger partial charge is 0.217 e. The van der Waals surface area contributed by atoms with E-state index in [1.165, 1.54) is 5.56 Å². The van der Waals surface area contributed by atoms with Crippen molar-refractivity contribution in [3.05, 3.63) is 34.6 Å². The normalized spacial score (nSPS) is 19.3. The van der Waals surface area contributed by atoms with E-state index in [1.54, 1.807) is 0 Å². The molecule has 1 atom stereocenters. The van der Waals surface area contributed by atoms with Crippen molar-refractivity contribution < 1.29 is 8.42 Å². The Labute approximate surface area is 160 Å². The van der Waals surface area contributed by atoms with Crippen LogP contribution in [0.15, 0.2) is 24.3 Å². The molecule has 26 heavy (non-hydrogen) atoms. The lowest BCUT2D eigenvalue weighted by molar-refractivity contribution is 0.153. The number of nitrogens with one attached hydrogen (secondary N) is 1. The molecule has 1 fully saturated rings. The van der Waals surface area contributed by atoms with Gasteiger partial charge in [-0.15, -0.1) is 0 Å². The third-order valence-electron chi connectivity index (χ3n) is 4.85. The van der Waals surface area contributed by atoms with Crippen molar-refractivity contribution in [2.45, 2.75) is 45.8 Å². The topological polar surface area (TPSA) is 71.0 Å². The second kappa shape index (κ2) is 8.02. The molecule has 1 saturated heterocycles. The minimum Gasteiger partial charge on any atom is -0.280 e. The number of aromatic amines is 1. The summed E-state index contributed by atoms with van der Waals surface area (Å²) in [6, 6.07) is 8.18. The van der Waals surface area contributed by atoms with Crippen LogP contribution in [0.4, 0.5) is 0 Å². The molecule has 3 rings (SSSR count). The van der Waals surface area contributed by atoms with Gasteiger partial charge in [-0.25, -0.2) is 13.1 Å². The van der Waals surface area contributed by atoms with E-state index in [0.29, 0.717) is 17.9 Å². The highest BCUT2D eigenvalue weighted by molar-refractivity contribution is 7.91. The van der Waals surface area contributed by atoms with Crippen LogP contribution in [0.5, 0.6) is 0 Å². The van der Waals surface area contributed by atoms with Gasteiger partial charge in [-0.1, -0.05) is 43.2 Å². The summed E-state index contributed by atoms with van der Waals surface area (Å²) in [7, 11) is -2.91. The average Bonchev–Trinajstić information content (AvgIpc) is 3.14. The lowest BCUT2D eigenvalue weighted by atomic mass is 10.1. The highest BCUT2D eigenvalue weighted by atomic mass is 32.2. The molecule has 0 amide bonds. The van der Waals surface area contributed by atoms with E-state index in [9.17, 15) is 8.42 Å². The molecule has 142 valence electrons. The molecule has 1 N–H and O–H groups in total. The fraction of sp³-hybridized carbons (Fsp3) is 0.556. The fourth-order valence-corrected chi connectivity index (χ4v) is 5.22. The van der Waals surface area contributed by atoms with E-state index in [4.69, 9.17) is 12.2 Å². The van der Waals surface area contributed by atoms with Gasteiger partial charge in [-0.05, 0) is 32.0 Å². The van der Waals surface area contributed by atoms with Crippen molar-refractivity contribution in [1.29, 1.82) is 0 Å². The predicted octanol–water partition coefficient (Wildman–Crippen LogP) is 3.16. The van der Waals surface area contributed by atoms with Gasteiger partial charge >= 0.3 is 0 Å². The summed E-state index contributed by atoms with van der Waals surface area (Å²) < 4.78 is 26.1. The maximum absolute atomic E-state index is 11.9. The first-order chi connectivity index (χ1) is 12.4. The number of rotatable bonds is 7. The summed E-state index contributed by atoms with van der Waals surface area (Å²) in [5.41, 5.74) is 2.18. The predicted molar refractivity (Wildman–Crippen MR) is 106 cm³/mol. The number of aryl methyl sites for hydroxylation is 1. The van der Waals surface area contributed by atoms with Gasteiger partial charge in [0.2, 0.25) is 4.77 Å². The number of H-pyrrole nitrogens is 1. The third-order valence-corrected chi connectivity index (χ3v) is 6.91. The zero-order chi connectivity index (χ0) is 18.7. The number of benzene rings is 1. The monoisotopic (exact) mass is 394 g/mol. The molecule has 0 unspecified atom stereocenters. The van der Waals surface area contributed by atoms with E-state index >= 15 is 0 Å². The van der Waals surface area contributed by atoms with E-state index < -0.39 is 9.84 Å². The zero-order valence-corrected chi connectivity index (χ0v) is 16.9. The van der Waals surface area contributed by atoms with Crippen molar-refractivity contribution in [1.82, 2.24) is 19.7 Å². The van der Waals surface area contributed by atoms with Crippen molar-refractivity contribution in [3.63, 3.8) is 0 Å². The van der Waals surface area contributed by atoms with Gasteiger partial charge in [-0.2, -0.15) is 4.98 Å². The van der Waals surface area contributed by atoms with Gasteiger partial charge in [-0.3, -0.25) is 10.00 Å². The fourth-order valence-electron chi connectivity index (χ4n) is 3.27. The first kappa shape index (κ1) is 19.3. The highest BCUT2D eigenvalue weighted by Gasteiger charge is 2.32. The Morgan fingerprint density at radius 2 is 2.08 bits per heavy atom. The van der Waals surface area contributed by atoms with Crippen LogP contribution in [0.25, 0.3) is 11.4 Å². The molecule has 6 nitrogen and oxygen atoms in total. The first-order valence-electron chi connectivity index (χ1n) is 9.06. The van der Waals surface area contributed by atoms with Crippen molar-refractivity contribution in [2.75, 3.05) is 18.1 Å². The third kappa shape index (κ3) is 4.61. The largest absolute Gasteiger partial charge is 0.280 e. The number of aromatic nitrogens is 3. The van der Waals surface area contributed by atoms with Crippen molar-refractivity contribution in [2.24, 2.45) is 0 Å². The maximum Gasteiger partial charge on any atom is 0.217 e. The van der Waals surface area contributed by atoms with E-state index in [-0.39, 0.29) is 17.5 Å². The van der Waals surface area contributed by atoms with Crippen LogP contribution in [0.3, 0.4) is 0 Å². The van der Waals surface area contributed by atoms with Crippen LogP contribution in [-0.4, -0.2) is 52.2 Å².